The fourth-order valence-electron chi connectivity index (χ4n) is 2.30. The van der Waals surface area contributed by atoms with Gasteiger partial charge in [-0.15, -0.1) is 0 Å². The molecule has 2 heteroatoms. The van der Waals surface area contributed by atoms with Gasteiger partial charge in [0.15, 0.2) is 0 Å². The van der Waals surface area contributed by atoms with Gasteiger partial charge in [0.25, 0.3) is 0 Å². The third-order valence-corrected chi connectivity index (χ3v) is 3.20. The van der Waals surface area contributed by atoms with Gasteiger partial charge in [-0.1, -0.05) is 43.3 Å². The second-order valence-corrected chi connectivity index (χ2v) is 4.64. The van der Waals surface area contributed by atoms with Crippen molar-refractivity contribution in [3.05, 3.63) is 67.0 Å². The SMILES string of the molecule is CCCOc1ccc2ccccc2c1C1=CC=CO[C]1. The Morgan fingerprint density at radius 1 is 1.15 bits per heavy atom. The Morgan fingerprint density at radius 3 is 2.85 bits per heavy atom. The molecule has 0 spiro atoms. The van der Waals surface area contributed by atoms with Crippen LogP contribution in [0.5, 0.6) is 5.75 Å². The molecule has 100 valence electrons. The first-order chi connectivity index (χ1) is 9.90. The first-order valence-corrected chi connectivity index (χ1v) is 6.83. The van der Waals surface area contributed by atoms with Crippen LogP contribution < -0.4 is 4.74 Å². The molecule has 0 bridgehead atoms. The molecular weight excluding hydrogens is 248 g/mol. The number of ether oxygens (including phenoxy) is 2. The molecule has 1 aliphatic heterocycles. The standard InChI is InChI=1S/C18H16O2/c1-2-11-20-17-10-9-14-6-3-4-8-16(14)18(17)15-7-5-12-19-13-15/h3-10,12H,2,11H2,1H3. The molecule has 0 aromatic heterocycles. The van der Waals surface area contributed by atoms with E-state index in [1.54, 1.807) is 6.26 Å². The summed E-state index contributed by atoms with van der Waals surface area (Å²) < 4.78 is 11.1. The van der Waals surface area contributed by atoms with Gasteiger partial charge < -0.3 is 9.47 Å². The summed E-state index contributed by atoms with van der Waals surface area (Å²) in [6.07, 6.45) is 6.46. The van der Waals surface area contributed by atoms with Gasteiger partial charge in [0, 0.05) is 11.1 Å². The predicted octanol–water partition coefficient (Wildman–Crippen LogP) is 4.59. The fraction of sp³-hybridized carbons (Fsp3) is 0.167. The van der Waals surface area contributed by atoms with Crippen molar-refractivity contribution in [3.63, 3.8) is 0 Å². The van der Waals surface area contributed by atoms with E-state index in [-0.39, 0.29) is 0 Å². The largest absolute Gasteiger partial charge is 0.493 e. The number of allylic oxidation sites excluding steroid dienone is 2. The summed E-state index contributed by atoms with van der Waals surface area (Å²) in [5, 5.41) is 2.34. The van der Waals surface area contributed by atoms with Crippen molar-refractivity contribution in [2.24, 2.45) is 0 Å². The molecule has 2 aromatic carbocycles. The van der Waals surface area contributed by atoms with Crippen molar-refractivity contribution in [1.29, 1.82) is 0 Å². The first kappa shape index (κ1) is 12.8. The van der Waals surface area contributed by atoms with E-state index in [9.17, 15) is 0 Å². The van der Waals surface area contributed by atoms with Gasteiger partial charge >= 0.3 is 0 Å². The third-order valence-electron chi connectivity index (χ3n) is 3.20. The van der Waals surface area contributed by atoms with Crippen LogP contribution in [0.15, 0.2) is 54.8 Å². The Morgan fingerprint density at radius 2 is 2.05 bits per heavy atom. The van der Waals surface area contributed by atoms with Crippen LogP contribution in [0.25, 0.3) is 16.3 Å². The highest BCUT2D eigenvalue weighted by Crippen LogP contribution is 2.36. The molecule has 0 unspecified atom stereocenters. The lowest BCUT2D eigenvalue weighted by molar-refractivity contribution is 0.316. The van der Waals surface area contributed by atoms with Crippen molar-refractivity contribution < 1.29 is 9.47 Å². The summed E-state index contributed by atoms with van der Waals surface area (Å²) in [6, 6.07) is 12.4. The molecule has 2 aromatic rings. The zero-order chi connectivity index (χ0) is 13.8. The molecule has 0 atom stereocenters. The van der Waals surface area contributed by atoms with E-state index < -0.39 is 0 Å². The third kappa shape index (κ3) is 2.42. The minimum atomic E-state index is 0.704. The second-order valence-electron chi connectivity index (χ2n) is 4.64. The van der Waals surface area contributed by atoms with Crippen LogP contribution >= 0.6 is 0 Å². The van der Waals surface area contributed by atoms with Crippen molar-refractivity contribution in [2.75, 3.05) is 6.61 Å². The van der Waals surface area contributed by atoms with Crippen molar-refractivity contribution in [3.8, 4) is 5.75 Å². The van der Waals surface area contributed by atoms with Gasteiger partial charge in [0.05, 0.1) is 12.9 Å². The van der Waals surface area contributed by atoms with E-state index in [1.165, 1.54) is 5.39 Å². The van der Waals surface area contributed by atoms with E-state index in [0.29, 0.717) is 6.61 Å². The Balaban J connectivity index is 2.17. The van der Waals surface area contributed by atoms with Gasteiger partial charge in [-0.05, 0) is 29.3 Å². The van der Waals surface area contributed by atoms with E-state index in [1.807, 2.05) is 30.4 Å². The molecule has 1 heterocycles. The second kappa shape index (κ2) is 5.83. The highest BCUT2D eigenvalue weighted by atomic mass is 16.5. The van der Waals surface area contributed by atoms with Gasteiger partial charge in [0.1, 0.15) is 5.75 Å². The van der Waals surface area contributed by atoms with Crippen LogP contribution in [0.4, 0.5) is 0 Å². The van der Waals surface area contributed by atoms with Gasteiger partial charge in [0.2, 0.25) is 6.61 Å². The maximum atomic E-state index is 5.89. The van der Waals surface area contributed by atoms with E-state index in [0.717, 1.165) is 28.7 Å². The molecule has 0 aliphatic carbocycles. The Labute approximate surface area is 119 Å². The predicted molar refractivity (Wildman–Crippen MR) is 81.2 cm³/mol. The first-order valence-electron chi connectivity index (χ1n) is 6.83. The summed E-state index contributed by atoms with van der Waals surface area (Å²) in [6.45, 7) is 5.74. The van der Waals surface area contributed by atoms with Crippen LogP contribution in [0.1, 0.15) is 18.9 Å². The molecule has 2 nitrogen and oxygen atoms in total. The Hall–Kier alpha value is -2.22. The average Bonchev–Trinajstić information content (AvgIpc) is 2.53. The van der Waals surface area contributed by atoms with Crippen molar-refractivity contribution >= 4 is 16.3 Å². The molecule has 0 saturated heterocycles. The van der Waals surface area contributed by atoms with Crippen LogP contribution in [0.3, 0.4) is 0 Å². The molecule has 2 radical (unpaired) electrons. The highest BCUT2D eigenvalue weighted by Gasteiger charge is 2.15. The minimum absolute atomic E-state index is 0.704. The van der Waals surface area contributed by atoms with Gasteiger partial charge in [-0.25, -0.2) is 0 Å². The quantitative estimate of drug-likeness (QED) is 0.803. The summed E-state index contributed by atoms with van der Waals surface area (Å²) in [7, 11) is 0. The van der Waals surface area contributed by atoms with Crippen LogP contribution in [0.2, 0.25) is 0 Å². The fourth-order valence-corrected chi connectivity index (χ4v) is 2.30. The lowest BCUT2D eigenvalue weighted by Crippen LogP contribution is -2.01. The average molecular weight is 264 g/mol. The van der Waals surface area contributed by atoms with Crippen molar-refractivity contribution in [1.82, 2.24) is 0 Å². The summed E-state index contributed by atoms with van der Waals surface area (Å²) in [5.41, 5.74) is 1.95. The molecule has 0 saturated carbocycles. The molecular formula is C18H16O2. The van der Waals surface area contributed by atoms with E-state index in [2.05, 4.69) is 31.7 Å². The topological polar surface area (TPSA) is 18.5 Å². The van der Waals surface area contributed by atoms with E-state index >= 15 is 0 Å². The van der Waals surface area contributed by atoms with Crippen LogP contribution in [0, 0.1) is 6.61 Å². The zero-order valence-corrected chi connectivity index (χ0v) is 11.4. The maximum absolute atomic E-state index is 5.89. The molecule has 20 heavy (non-hydrogen) atoms. The van der Waals surface area contributed by atoms with Crippen LogP contribution in [-0.4, -0.2) is 6.61 Å². The summed E-state index contributed by atoms with van der Waals surface area (Å²) >= 11 is 0. The maximum Gasteiger partial charge on any atom is 0.230 e. The van der Waals surface area contributed by atoms with Gasteiger partial charge in [-0.2, -0.15) is 0 Å². The highest BCUT2D eigenvalue weighted by molar-refractivity contribution is 5.98. The number of hydrogen-bond donors (Lipinski definition) is 0. The summed E-state index contributed by atoms with van der Waals surface area (Å²) in [5.74, 6) is 0.878. The zero-order valence-electron chi connectivity index (χ0n) is 11.4. The smallest absolute Gasteiger partial charge is 0.230 e. The number of fused-ring (bicyclic) bond motifs is 1. The molecule has 3 rings (SSSR count). The Bertz CT molecular complexity index is 668. The number of rotatable bonds is 4. The number of hydrogen-bond acceptors (Lipinski definition) is 2. The van der Waals surface area contributed by atoms with Crippen molar-refractivity contribution in [2.45, 2.75) is 13.3 Å². The minimum Gasteiger partial charge on any atom is -0.493 e. The number of benzene rings is 2. The van der Waals surface area contributed by atoms with Gasteiger partial charge in [-0.3, -0.25) is 0 Å². The van der Waals surface area contributed by atoms with Crippen LogP contribution in [-0.2, 0) is 4.74 Å². The lowest BCUT2D eigenvalue weighted by Gasteiger charge is -2.16. The molecule has 0 fully saturated rings. The molecule has 0 amide bonds. The normalized spacial score (nSPS) is 13.9. The van der Waals surface area contributed by atoms with E-state index in [4.69, 9.17) is 9.47 Å². The lowest BCUT2D eigenvalue weighted by atomic mass is 9.96. The molecule has 0 N–H and O–H groups in total. The Kier molecular flexibility index (Phi) is 3.73. The molecule has 1 aliphatic rings. The monoisotopic (exact) mass is 264 g/mol. The summed E-state index contributed by atoms with van der Waals surface area (Å²) in [4.78, 5) is 0.